The zero-order valence-corrected chi connectivity index (χ0v) is 14.9. The van der Waals surface area contributed by atoms with Gasteiger partial charge in [-0.3, -0.25) is 20.4 Å². The number of para-hydroxylation sites is 2. The van der Waals surface area contributed by atoms with E-state index in [4.69, 9.17) is 9.47 Å². The van der Waals surface area contributed by atoms with Crippen LogP contribution in [0.1, 0.15) is 17.3 Å². The maximum atomic E-state index is 13.0. The summed E-state index contributed by atoms with van der Waals surface area (Å²) >= 11 is 3.09. The number of carbonyl (C=O) groups is 2. The second kappa shape index (κ2) is 9.03. The highest BCUT2D eigenvalue weighted by Gasteiger charge is 2.12. The van der Waals surface area contributed by atoms with E-state index in [2.05, 4.69) is 26.8 Å². The van der Waals surface area contributed by atoms with Crippen molar-refractivity contribution in [2.45, 2.75) is 6.92 Å². The normalized spacial score (nSPS) is 10.0. The van der Waals surface area contributed by atoms with Gasteiger partial charge in [0.05, 0.1) is 12.2 Å². The Labute approximate surface area is 152 Å². The van der Waals surface area contributed by atoms with Crippen molar-refractivity contribution in [3.63, 3.8) is 0 Å². The average molecular weight is 411 g/mol. The molecule has 0 saturated heterocycles. The summed E-state index contributed by atoms with van der Waals surface area (Å²) in [6.45, 7) is 2.00. The van der Waals surface area contributed by atoms with Crippen molar-refractivity contribution in [3.05, 3.63) is 58.3 Å². The highest BCUT2D eigenvalue weighted by Crippen LogP contribution is 2.26. The molecule has 0 bridgehead atoms. The first-order valence-electron chi connectivity index (χ1n) is 7.40. The van der Waals surface area contributed by atoms with Gasteiger partial charge in [-0.25, -0.2) is 4.39 Å². The first-order chi connectivity index (χ1) is 12.0. The van der Waals surface area contributed by atoms with Crippen LogP contribution in [0.15, 0.2) is 46.9 Å². The molecule has 2 aromatic rings. The van der Waals surface area contributed by atoms with Gasteiger partial charge in [0.2, 0.25) is 0 Å². The van der Waals surface area contributed by atoms with Crippen molar-refractivity contribution in [2.75, 3.05) is 13.2 Å². The monoisotopic (exact) mass is 410 g/mol. The Morgan fingerprint density at radius 2 is 1.76 bits per heavy atom. The minimum atomic E-state index is -0.588. The lowest BCUT2D eigenvalue weighted by Crippen LogP contribution is -2.44. The fraction of sp³-hybridized carbons (Fsp3) is 0.176. The molecule has 132 valence electrons. The zero-order chi connectivity index (χ0) is 18.2. The molecule has 0 aliphatic rings. The van der Waals surface area contributed by atoms with E-state index < -0.39 is 17.6 Å². The number of halogens is 2. The summed E-state index contributed by atoms with van der Waals surface area (Å²) in [5.74, 6) is -0.675. The number of nitrogens with one attached hydrogen (secondary N) is 2. The number of hydrogen-bond acceptors (Lipinski definition) is 4. The predicted molar refractivity (Wildman–Crippen MR) is 92.8 cm³/mol. The third kappa shape index (κ3) is 5.46. The maximum absolute atomic E-state index is 13.0. The van der Waals surface area contributed by atoms with E-state index in [0.717, 1.165) is 12.1 Å². The van der Waals surface area contributed by atoms with E-state index in [1.807, 2.05) is 6.92 Å². The van der Waals surface area contributed by atoms with Crippen molar-refractivity contribution in [1.82, 2.24) is 10.9 Å². The first-order valence-corrected chi connectivity index (χ1v) is 8.19. The SMILES string of the molecule is CCOc1ccccc1OCC(=O)NNC(=O)c1ccc(F)cc1Br. The number of hydrazine groups is 1. The lowest BCUT2D eigenvalue weighted by molar-refractivity contribution is -0.123. The molecule has 2 aromatic carbocycles. The van der Waals surface area contributed by atoms with Crippen molar-refractivity contribution in [1.29, 1.82) is 0 Å². The first kappa shape index (κ1) is 18.7. The molecule has 8 heteroatoms. The van der Waals surface area contributed by atoms with Gasteiger partial charge < -0.3 is 9.47 Å². The molecule has 0 aliphatic carbocycles. The summed E-state index contributed by atoms with van der Waals surface area (Å²) in [6, 6.07) is 10.6. The minimum Gasteiger partial charge on any atom is -0.490 e. The van der Waals surface area contributed by atoms with Gasteiger partial charge in [-0.1, -0.05) is 12.1 Å². The van der Waals surface area contributed by atoms with Crippen LogP contribution >= 0.6 is 15.9 Å². The van der Waals surface area contributed by atoms with E-state index in [9.17, 15) is 14.0 Å². The largest absolute Gasteiger partial charge is 0.490 e. The van der Waals surface area contributed by atoms with Gasteiger partial charge in [-0.15, -0.1) is 0 Å². The molecule has 0 unspecified atom stereocenters. The lowest BCUT2D eigenvalue weighted by atomic mass is 10.2. The van der Waals surface area contributed by atoms with E-state index >= 15 is 0 Å². The fourth-order valence-electron chi connectivity index (χ4n) is 1.89. The molecule has 0 aromatic heterocycles. The Kier molecular flexibility index (Phi) is 6.76. The zero-order valence-electron chi connectivity index (χ0n) is 13.3. The van der Waals surface area contributed by atoms with Crippen LogP contribution in [0.3, 0.4) is 0 Å². The van der Waals surface area contributed by atoms with Crippen molar-refractivity contribution < 1.29 is 23.5 Å². The van der Waals surface area contributed by atoms with Crippen molar-refractivity contribution >= 4 is 27.7 Å². The molecule has 25 heavy (non-hydrogen) atoms. The smallest absolute Gasteiger partial charge is 0.276 e. The Morgan fingerprint density at radius 3 is 2.40 bits per heavy atom. The fourth-order valence-corrected chi connectivity index (χ4v) is 2.42. The van der Waals surface area contributed by atoms with E-state index in [-0.39, 0.29) is 16.6 Å². The minimum absolute atomic E-state index is 0.185. The van der Waals surface area contributed by atoms with Gasteiger partial charge in [0.25, 0.3) is 11.8 Å². The molecular weight excluding hydrogens is 395 g/mol. The van der Waals surface area contributed by atoms with Crippen LogP contribution in [0.25, 0.3) is 0 Å². The van der Waals surface area contributed by atoms with E-state index in [0.29, 0.717) is 18.1 Å². The van der Waals surface area contributed by atoms with Crippen LogP contribution < -0.4 is 20.3 Å². The Morgan fingerprint density at radius 1 is 1.08 bits per heavy atom. The number of amides is 2. The van der Waals surface area contributed by atoms with Gasteiger partial charge in [-0.05, 0) is 53.2 Å². The summed E-state index contributed by atoms with van der Waals surface area (Å²) in [4.78, 5) is 23.8. The van der Waals surface area contributed by atoms with Crippen LogP contribution in [-0.2, 0) is 4.79 Å². The molecule has 2 N–H and O–H groups in total. The topological polar surface area (TPSA) is 76.7 Å². The molecule has 0 heterocycles. The summed E-state index contributed by atoms with van der Waals surface area (Å²) in [7, 11) is 0. The standard InChI is InChI=1S/C17H16BrFN2O4/c1-2-24-14-5-3-4-6-15(14)25-10-16(22)20-21-17(23)12-8-7-11(19)9-13(12)18/h3-9H,2,10H2,1H3,(H,20,22)(H,21,23). The van der Waals surface area contributed by atoms with Crippen LogP contribution in [0.4, 0.5) is 4.39 Å². The van der Waals surface area contributed by atoms with Gasteiger partial charge in [0.1, 0.15) is 5.82 Å². The summed E-state index contributed by atoms with van der Waals surface area (Å²) in [6.07, 6.45) is 0. The van der Waals surface area contributed by atoms with E-state index in [1.165, 1.54) is 6.07 Å². The number of hydrogen-bond donors (Lipinski definition) is 2. The van der Waals surface area contributed by atoms with Crippen molar-refractivity contribution in [2.24, 2.45) is 0 Å². The molecule has 0 saturated carbocycles. The second-order valence-corrected chi connectivity index (χ2v) is 5.65. The van der Waals surface area contributed by atoms with Crippen molar-refractivity contribution in [3.8, 4) is 11.5 Å². The predicted octanol–water partition coefficient (Wildman–Crippen LogP) is 2.83. The lowest BCUT2D eigenvalue weighted by Gasteiger charge is -2.12. The number of rotatable bonds is 6. The Balaban J connectivity index is 1.86. The third-order valence-electron chi connectivity index (χ3n) is 3.00. The Bertz CT molecular complexity index is 770. The number of ether oxygens (including phenoxy) is 2. The van der Waals surface area contributed by atoms with E-state index in [1.54, 1.807) is 24.3 Å². The average Bonchev–Trinajstić information content (AvgIpc) is 2.59. The molecule has 0 atom stereocenters. The third-order valence-corrected chi connectivity index (χ3v) is 3.66. The van der Waals surface area contributed by atoms with Gasteiger partial charge in [-0.2, -0.15) is 0 Å². The molecule has 0 radical (unpaired) electrons. The molecule has 2 amide bonds. The summed E-state index contributed by atoms with van der Waals surface area (Å²) < 4.78 is 24.1. The van der Waals surface area contributed by atoms with Crippen LogP contribution in [-0.4, -0.2) is 25.0 Å². The second-order valence-electron chi connectivity index (χ2n) is 4.79. The van der Waals surface area contributed by atoms with Gasteiger partial charge in [0, 0.05) is 4.47 Å². The Hall–Kier alpha value is -2.61. The molecule has 0 spiro atoms. The van der Waals surface area contributed by atoms with Crippen LogP contribution in [0, 0.1) is 5.82 Å². The van der Waals surface area contributed by atoms with Gasteiger partial charge in [0.15, 0.2) is 18.1 Å². The molecule has 6 nitrogen and oxygen atoms in total. The van der Waals surface area contributed by atoms with Gasteiger partial charge >= 0.3 is 0 Å². The molecule has 0 aliphatic heterocycles. The molecular formula is C17H16BrFN2O4. The number of benzene rings is 2. The maximum Gasteiger partial charge on any atom is 0.276 e. The quantitative estimate of drug-likeness (QED) is 0.717. The number of carbonyl (C=O) groups excluding carboxylic acids is 2. The molecule has 2 rings (SSSR count). The molecule has 0 fully saturated rings. The summed E-state index contributed by atoms with van der Waals surface area (Å²) in [5, 5.41) is 0. The highest BCUT2D eigenvalue weighted by molar-refractivity contribution is 9.10. The van der Waals surface area contributed by atoms with Crippen LogP contribution in [0.5, 0.6) is 11.5 Å². The highest BCUT2D eigenvalue weighted by atomic mass is 79.9. The van der Waals surface area contributed by atoms with Crippen LogP contribution in [0.2, 0.25) is 0 Å². The summed E-state index contributed by atoms with van der Waals surface area (Å²) in [5.41, 5.74) is 4.64.